The van der Waals surface area contributed by atoms with Crippen molar-refractivity contribution in [1.82, 2.24) is 25.5 Å². The van der Waals surface area contributed by atoms with Crippen LogP contribution in [-0.4, -0.2) is 60.0 Å². The third kappa shape index (κ3) is 4.12. The fourth-order valence-corrected chi connectivity index (χ4v) is 3.10. The van der Waals surface area contributed by atoms with E-state index >= 15 is 0 Å². The number of ether oxygens (including phenoxy) is 2. The van der Waals surface area contributed by atoms with Gasteiger partial charge in [0, 0.05) is 12.8 Å². The number of halogens is 1. The summed E-state index contributed by atoms with van der Waals surface area (Å²) in [6.07, 6.45) is 2.95. The van der Waals surface area contributed by atoms with Crippen LogP contribution in [0.15, 0.2) is 24.5 Å². The Morgan fingerprint density at radius 2 is 2.12 bits per heavy atom. The van der Waals surface area contributed by atoms with E-state index < -0.39 is 5.41 Å². The second kappa shape index (κ2) is 8.93. The maximum atomic E-state index is 12.9. The molecule has 0 unspecified atom stereocenters. The van der Waals surface area contributed by atoms with Gasteiger partial charge in [-0.2, -0.15) is 4.68 Å². The van der Waals surface area contributed by atoms with Gasteiger partial charge in [-0.05, 0) is 54.6 Å². The van der Waals surface area contributed by atoms with E-state index in [-0.39, 0.29) is 18.3 Å². The molecule has 1 fully saturated rings. The summed E-state index contributed by atoms with van der Waals surface area (Å²) >= 11 is 0. The molecule has 26 heavy (non-hydrogen) atoms. The van der Waals surface area contributed by atoms with Crippen molar-refractivity contribution in [1.29, 1.82) is 0 Å². The summed E-state index contributed by atoms with van der Waals surface area (Å²) in [5.74, 6) is 0.572. The van der Waals surface area contributed by atoms with Crippen molar-refractivity contribution in [3.05, 3.63) is 24.5 Å². The molecule has 0 aliphatic carbocycles. The standard InChI is InChI=1S/C16H22N6O3.ClH/c1-24-10-16(5-7-17-8-6-16)15(23)19-12-3-4-14(25-2)13(9-12)22-11-18-20-21-22;/h3-4,9,11,17H,5-8,10H2,1-2H3,(H,19,23);1H. The molecule has 10 heteroatoms. The number of methoxy groups -OCH3 is 2. The number of anilines is 1. The highest BCUT2D eigenvalue weighted by Gasteiger charge is 2.39. The molecule has 1 saturated heterocycles. The highest BCUT2D eigenvalue weighted by molar-refractivity contribution is 5.96. The molecular weight excluding hydrogens is 360 g/mol. The fraction of sp³-hybridized carbons (Fsp3) is 0.500. The Kier molecular flexibility index (Phi) is 6.90. The van der Waals surface area contributed by atoms with Crippen molar-refractivity contribution in [3.8, 4) is 11.4 Å². The van der Waals surface area contributed by atoms with Gasteiger partial charge in [0.2, 0.25) is 5.91 Å². The first-order chi connectivity index (χ1) is 12.2. The Bertz CT molecular complexity index is 713. The minimum Gasteiger partial charge on any atom is -0.494 e. The molecule has 0 atom stereocenters. The Labute approximate surface area is 157 Å². The monoisotopic (exact) mass is 382 g/mol. The third-order valence-corrected chi connectivity index (χ3v) is 4.50. The van der Waals surface area contributed by atoms with E-state index in [1.54, 1.807) is 32.4 Å². The van der Waals surface area contributed by atoms with Crippen molar-refractivity contribution in [2.24, 2.45) is 5.41 Å². The van der Waals surface area contributed by atoms with Crippen LogP contribution in [-0.2, 0) is 9.53 Å². The normalized spacial score (nSPS) is 15.8. The van der Waals surface area contributed by atoms with Crippen molar-refractivity contribution in [3.63, 3.8) is 0 Å². The van der Waals surface area contributed by atoms with Crippen LogP contribution >= 0.6 is 12.4 Å². The van der Waals surface area contributed by atoms with E-state index in [0.717, 1.165) is 25.9 Å². The lowest BCUT2D eigenvalue weighted by Crippen LogP contribution is -2.47. The number of aromatic nitrogens is 4. The number of amides is 1. The number of tetrazole rings is 1. The summed E-state index contributed by atoms with van der Waals surface area (Å²) in [6.45, 7) is 2.00. The third-order valence-electron chi connectivity index (χ3n) is 4.50. The molecule has 1 aliphatic rings. The molecule has 1 aliphatic heterocycles. The van der Waals surface area contributed by atoms with Crippen molar-refractivity contribution in [2.45, 2.75) is 12.8 Å². The molecule has 9 nitrogen and oxygen atoms in total. The zero-order valence-corrected chi connectivity index (χ0v) is 15.6. The zero-order chi connectivity index (χ0) is 17.7. The maximum absolute atomic E-state index is 12.9. The number of nitrogens with zero attached hydrogens (tertiary/aromatic N) is 4. The van der Waals surface area contributed by atoms with Gasteiger partial charge < -0.3 is 20.1 Å². The number of benzene rings is 1. The number of rotatable bonds is 6. The van der Waals surface area contributed by atoms with Crippen LogP contribution in [0.25, 0.3) is 5.69 Å². The van der Waals surface area contributed by atoms with Crippen LogP contribution in [0, 0.1) is 5.41 Å². The predicted molar refractivity (Wildman–Crippen MR) is 98.0 cm³/mol. The van der Waals surface area contributed by atoms with Gasteiger partial charge in [-0.25, -0.2) is 0 Å². The second-order valence-corrected chi connectivity index (χ2v) is 6.06. The largest absolute Gasteiger partial charge is 0.494 e. The molecule has 142 valence electrons. The molecule has 1 aromatic heterocycles. The van der Waals surface area contributed by atoms with Gasteiger partial charge in [-0.15, -0.1) is 17.5 Å². The Morgan fingerprint density at radius 3 is 2.73 bits per heavy atom. The first-order valence-corrected chi connectivity index (χ1v) is 8.11. The molecule has 2 N–H and O–H groups in total. The fourth-order valence-electron chi connectivity index (χ4n) is 3.10. The van der Waals surface area contributed by atoms with Crippen LogP contribution in [0.5, 0.6) is 5.75 Å². The van der Waals surface area contributed by atoms with Gasteiger partial charge in [0.15, 0.2) is 0 Å². The Morgan fingerprint density at radius 1 is 1.35 bits per heavy atom. The molecule has 2 aromatic rings. The summed E-state index contributed by atoms with van der Waals surface area (Å²) in [5.41, 5.74) is 0.788. The Balaban J connectivity index is 0.00000243. The summed E-state index contributed by atoms with van der Waals surface area (Å²) in [6, 6.07) is 5.36. The molecule has 0 spiro atoms. The topological polar surface area (TPSA) is 103 Å². The summed E-state index contributed by atoms with van der Waals surface area (Å²) in [7, 11) is 3.20. The van der Waals surface area contributed by atoms with Gasteiger partial charge >= 0.3 is 0 Å². The van der Waals surface area contributed by atoms with E-state index in [1.165, 1.54) is 11.0 Å². The Hall–Kier alpha value is -2.23. The molecule has 1 amide bonds. The van der Waals surface area contributed by atoms with Crippen LogP contribution in [0.2, 0.25) is 0 Å². The maximum Gasteiger partial charge on any atom is 0.233 e. The zero-order valence-electron chi connectivity index (χ0n) is 14.8. The smallest absolute Gasteiger partial charge is 0.233 e. The van der Waals surface area contributed by atoms with E-state index in [4.69, 9.17) is 9.47 Å². The van der Waals surface area contributed by atoms with E-state index in [2.05, 4.69) is 26.2 Å². The van der Waals surface area contributed by atoms with Crippen LogP contribution < -0.4 is 15.4 Å². The van der Waals surface area contributed by atoms with Gasteiger partial charge in [-0.3, -0.25) is 4.79 Å². The molecule has 0 saturated carbocycles. The number of carbonyl (C=O) groups is 1. The number of carbonyl (C=O) groups excluding carboxylic acids is 1. The molecular formula is C16H23ClN6O3. The number of hydrogen-bond donors (Lipinski definition) is 2. The summed E-state index contributed by atoms with van der Waals surface area (Å²) < 4.78 is 12.2. The average molecular weight is 383 g/mol. The van der Waals surface area contributed by atoms with Crippen LogP contribution in [0.4, 0.5) is 5.69 Å². The highest BCUT2D eigenvalue weighted by atomic mass is 35.5. The molecule has 0 radical (unpaired) electrons. The summed E-state index contributed by atoms with van der Waals surface area (Å²) in [5, 5.41) is 17.5. The molecule has 0 bridgehead atoms. The number of hydrogen-bond acceptors (Lipinski definition) is 7. The van der Waals surface area contributed by atoms with Gasteiger partial charge in [0.25, 0.3) is 0 Å². The number of piperidine rings is 1. The van der Waals surface area contributed by atoms with Gasteiger partial charge in [0.1, 0.15) is 17.8 Å². The lowest BCUT2D eigenvalue weighted by Gasteiger charge is -2.35. The first-order valence-electron chi connectivity index (χ1n) is 8.11. The van der Waals surface area contributed by atoms with Crippen LogP contribution in [0.3, 0.4) is 0 Å². The minimum atomic E-state index is -0.519. The molecule has 1 aromatic carbocycles. The highest BCUT2D eigenvalue weighted by Crippen LogP contribution is 2.32. The SMILES string of the molecule is COCC1(C(=O)Nc2ccc(OC)c(-n3cnnn3)c2)CCNCC1.Cl. The van der Waals surface area contributed by atoms with Crippen molar-refractivity contribution < 1.29 is 14.3 Å². The predicted octanol–water partition coefficient (Wildman–Crippen LogP) is 1.05. The van der Waals surface area contributed by atoms with E-state index in [9.17, 15) is 4.79 Å². The lowest BCUT2D eigenvalue weighted by atomic mass is 9.78. The first kappa shape index (κ1) is 20.1. The average Bonchev–Trinajstić information content (AvgIpc) is 3.17. The summed E-state index contributed by atoms with van der Waals surface area (Å²) in [4.78, 5) is 12.9. The van der Waals surface area contributed by atoms with E-state index in [1.807, 2.05) is 0 Å². The van der Waals surface area contributed by atoms with Gasteiger partial charge in [-0.1, -0.05) is 0 Å². The van der Waals surface area contributed by atoms with Crippen molar-refractivity contribution >= 4 is 24.0 Å². The quantitative estimate of drug-likeness (QED) is 0.769. The second-order valence-electron chi connectivity index (χ2n) is 6.06. The molecule has 2 heterocycles. The van der Waals surface area contributed by atoms with Crippen molar-refractivity contribution in [2.75, 3.05) is 39.2 Å². The van der Waals surface area contributed by atoms with Crippen LogP contribution in [0.1, 0.15) is 12.8 Å². The minimum absolute atomic E-state index is 0. The lowest BCUT2D eigenvalue weighted by molar-refractivity contribution is -0.130. The molecule has 3 rings (SSSR count). The van der Waals surface area contributed by atoms with E-state index in [0.29, 0.717) is 23.7 Å². The number of nitrogens with one attached hydrogen (secondary N) is 2. The van der Waals surface area contributed by atoms with Gasteiger partial charge in [0.05, 0.1) is 19.1 Å².